The lowest BCUT2D eigenvalue weighted by Gasteiger charge is -2.23. The van der Waals surface area contributed by atoms with Gasteiger partial charge in [-0.3, -0.25) is 19.1 Å². The lowest BCUT2D eigenvalue weighted by molar-refractivity contribution is 0.0761. The third-order valence-electron chi connectivity index (χ3n) is 7.94. The van der Waals surface area contributed by atoms with Crippen LogP contribution in [0.25, 0.3) is 10.9 Å². The van der Waals surface area contributed by atoms with Crippen molar-refractivity contribution in [2.75, 3.05) is 19.3 Å². The molecule has 1 aliphatic heterocycles. The molecule has 0 fully saturated rings. The second-order valence-corrected chi connectivity index (χ2v) is 13.1. The van der Waals surface area contributed by atoms with Crippen molar-refractivity contribution in [3.05, 3.63) is 142 Å². The van der Waals surface area contributed by atoms with Gasteiger partial charge in [0.2, 0.25) is 0 Å². The highest BCUT2D eigenvalue weighted by Crippen LogP contribution is 2.44. The number of carbonyl (C=O) groups is 2. The number of hydrogen-bond acceptors (Lipinski definition) is 6. The smallest absolute Gasteiger partial charge is 0.329 e. The Morgan fingerprint density at radius 1 is 1.00 bits per heavy atom. The molecule has 47 heavy (non-hydrogen) atoms. The summed E-state index contributed by atoms with van der Waals surface area (Å²) in [4.78, 5) is 44.4. The molecular formula is C36H33FN3O6P. The first-order chi connectivity index (χ1) is 22.8. The maximum absolute atomic E-state index is 14.3. The molecular weight excluding hydrogens is 620 g/mol. The van der Waals surface area contributed by atoms with Crippen LogP contribution in [-0.4, -0.2) is 45.9 Å². The summed E-state index contributed by atoms with van der Waals surface area (Å²) < 4.78 is 37.7. The van der Waals surface area contributed by atoms with Crippen molar-refractivity contribution in [2.24, 2.45) is 0 Å². The van der Waals surface area contributed by atoms with Crippen LogP contribution in [0.1, 0.15) is 56.0 Å². The molecule has 0 bridgehead atoms. The van der Waals surface area contributed by atoms with Gasteiger partial charge in [-0.15, -0.1) is 0 Å². The van der Waals surface area contributed by atoms with Gasteiger partial charge in [0.1, 0.15) is 17.4 Å². The number of benzene rings is 4. The highest BCUT2D eigenvalue weighted by molar-refractivity contribution is 7.52. The highest BCUT2D eigenvalue weighted by Gasteiger charge is 2.38. The van der Waals surface area contributed by atoms with Crippen molar-refractivity contribution >= 4 is 30.3 Å². The summed E-state index contributed by atoms with van der Waals surface area (Å²) in [5.41, 5.74) is 3.64. The molecule has 0 saturated heterocycles. The number of rotatable bonds is 12. The second kappa shape index (κ2) is 13.8. The minimum atomic E-state index is -3.89. The summed E-state index contributed by atoms with van der Waals surface area (Å²) >= 11 is 0. The molecule has 1 atom stereocenters. The predicted octanol–water partition coefficient (Wildman–Crippen LogP) is 6.65. The SMILES string of the molecule is CCOP(=O)(O)CCNC(=O)c1c2c(c(OC(c3ccccc3)c3ccccc3)c3ncccc13)C(=O)N(Cc1ccc(F)cc1)C2. The second-order valence-electron chi connectivity index (χ2n) is 11.1. The van der Waals surface area contributed by atoms with E-state index < -0.39 is 19.6 Å². The Kier molecular flexibility index (Phi) is 9.45. The normalized spacial score (nSPS) is 13.9. The van der Waals surface area contributed by atoms with Gasteiger partial charge in [-0.1, -0.05) is 78.9 Å². The maximum Gasteiger partial charge on any atom is 0.329 e. The fourth-order valence-corrected chi connectivity index (χ4v) is 6.74. The van der Waals surface area contributed by atoms with Gasteiger partial charge in [0.05, 0.1) is 23.9 Å². The number of hydrogen-bond donors (Lipinski definition) is 2. The van der Waals surface area contributed by atoms with Gasteiger partial charge >= 0.3 is 7.60 Å². The zero-order valence-electron chi connectivity index (χ0n) is 25.6. The average Bonchev–Trinajstić information content (AvgIpc) is 3.39. The number of carbonyl (C=O) groups excluding carboxylic acids is 2. The zero-order chi connectivity index (χ0) is 33.0. The van der Waals surface area contributed by atoms with E-state index in [1.54, 1.807) is 42.3 Å². The number of nitrogens with one attached hydrogen (secondary N) is 1. The van der Waals surface area contributed by atoms with Crippen LogP contribution in [-0.2, 0) is 22.2 Å². The van der Waals surface area contributed by atoms with Gasteiger partial charge in [0.25, 0.3) is 11.8 Å². The predicted molar refractivity (Wildman–Crippen MR) is 176 cm³/mol. The van der Waals surface area contributed by atoms with Crippen molar-refractivity contribution < 1.29 is 32.7 Å². The molecule has 2 heterocycles. The number of halogens is 1. The van der Waals surface area contributed by atoms with Crippen molar-refractivity contribution in [1.29, 1.82) is 0 Å². The first kappa shape index (κ1) is 32.1. The molecule has 0 radical (unpaired) electrons. The largest absolute Gasteiger partial charge is 0.478 e. The molecule has 2 N–H and O–H groups in total. The van der Waals surface area contributed by atoms with Crippen LogP contribution in [0.15, 0.2) is 103 Å². The third kappa shape index (κ3) is 6.95. The molecule has 2 amide bonds. The van der Waals surface area contributed by atoms with Crippen molar-refractivity contribution in [2.45, 2.75) is 26.1 Å². The first-order valence-electron chi connectivity index (χ1n) is 15.2. The molecule has 5 aromatic rings. The Morgan fingerprint density at radius 3 is 2.30 bits per heavy atom. The topological polar surface area (TPSA) is 118 Å². The Morgan fingerprint density at radius 2 is 1.66 bits per heavy atom. The number of nitrogens with zero attached hydrogens (tertiary/aromatic N) is 2. The van der Waals surface area contributed by atoms with E-state index >= 15 is 0 Å². The van der Waals surface area contributed by atoms with E-state index in [0.29, 0.717) is 22.0 Å². The molecule has 4 aromatic carbocycles. The fraction of sp³-hybridized carbons (Fsp3) is 0.194. The number of pyridine rings is 1. The summed E-state index contributed by atoms with van der Waals surface area (Å²) in [6, 6.07) is 28.6. The van der Waals surface area contributed by atoms with E-state index in [-0.39, 0.29) is 61.0 Å². The molecule has 11 heteroatoms. The molecule has 240 valence electrons. The Labute approximate surface area is 271 Å². The summed E-state index contributed by atoms with van der Waals surface area (Å²) in [5.74, 6) is -1.03. The highest BCUT2D eigenvalue weighted by atomic mass is 31.2. The summed E-state index contributed by atoms with van der Waals surface area (Å²) in [6.07, 6.45) is 0.684. The molecule has 1 aliphatic rings. The molecule has 0 saturated carbocycles. The standard InChI is InChI=1S/C36H33FN3O6P/c1-2-45-47(43,44)21-20-39-35(41)30-28-14-9-19-38-32(28)34(46-33(25-10-5-3-6-11-25)26-12-7-4-8-13-26)31-29(30)23-40(36(31)42)22-24-15-17-27(37)18-16-24/h3-19,33H,2,20-23H2,1H3,(H,39,41)(H,43,44). The van der Waals surface area contributed by atoms with Gasteiger partial charge in [-0.2, -0.15) is 0 Å². The quantitative estimate of drug-likeness (QED) is 0.145. The van der Waals surface area contributed by atoms with Gasteiger partial charge in [-0.25, -0.2) is 4.39 Å². The average molecular weight is 654 g/mol. The summed E-state index contributed by atoms with van der Waals surface area (Å²) in [7, 11) is -3.89. The van der Waals surface area contributed by atoms with Crippen LogP contribution >= 0.6 is 7.60 Å². The minimum absolute atomic E-state index is 0.0615. The number of fused-ring (bicyclic) bond motifs is 2. The fourth-order valence-electron chi connectivity index (χ4n) is 5.82. The number of aromatic nitrogens is 1. The van der Waals surface area contributed by atoms with Crippen LogP contribution in [0.4, 0.5) is 4.39 Å². The Bertz CT molecular complexity index is 1920. The lowest BCUT2D eigenvalue weighted by atomic mass is 9.95. The van der Waals surface area contributed by atoms with Crippen molar-refractivity contribution in [1.82, 2.24) is 15.2 Å². The molecule has 0 aliphatic carbocycles. The molecule has 1 aromatic heterocycles. The van der Waals surface area contributed by atoms with Gasteiger partial charge in [0.15, 0.2) is 5.75 Å². The maximum atomic E-state index is 14.3. The van der Waals surface area contributed by atoms with E-state index in [9.17, 15) is 23.4 Å². The van der Waals surface area contributed by atoms with Gasteiger partial charge < -0.3 is 24.4 Å². The van der Waals surface area contributed by atoms with Crippen LogP contribution < -0.4 is 10.1 Å². The van der Waals surface area contributed by atoms with Crippen LogP contribution in [0.2, 0.25) is 0 Å². The zero-order valence-corrected chi connectivity index (χ0v) is 26.5. The van der Waals surface area contributed by atoms with E-state index in [1.165, 1.54) is 12.1 Å². The van der Waals surface area contributed by atoms with Gasteiger partial charge in [0, 0.05) is 36.8 Å². The molecule has 6 rings (SSSR count). The molecule has 0 spiro atoms. The summed E-state index contributed by atoms with van der Waals surface area (Å²) in [6.45, 7) is 1.79. The van der Waals surface area contributed by atoms with Crippen molar-refractivity contribution in [3.8, 4) is 5.75 Å². The Balaban J connectivity index is 1.47. The first-order valence-corrected chi connectivity index (χ1v) is 17.0. The van der Waals surface area contributed by atoms with Gasteiger partial charge in [-0.05, 0) is 41.8 Å². The van der Waals surface area contributed by atoms with Crippen molar-refractivity contribution in [3.63, 3.8) is 0 Å². The molecule has 9 nitrogen and oxygen atoms in total. The van der Waals surface area contributed by atoms with Crippen LogP contribution in [0, 0.1) is 5.82 Å². The van der Waals surface area contributed by atoms with E-state index in [1.807, 2.05) is 60.7 Å². The number of ether oxygens (including phenoxy) is 1. The van der Waals surface area contributed by atoms with Crippen LogP contribution in [0.5, 0.6) is 5.75 Å². The minimum Gasteiger partial charge on any atom is -0.478 e. The van der Waals surface area contributed by atoms with E-state index in [2.05, 4.69) is 10.3 Å². The van der Waals surface area contributed by atoms with E-state index in [0.717, 1.165) is 11.1 Å². The lowest BCUT2D eigenvalue weighted by Crippen LogP contribution is -2.28. The monoisotopic (exact) mass is 653 g/mol. The number of amides is 2. The Hall–Kier alpha value is -4.89. The van der Waals surface area contributed by atoms with E-state index in [4.69, 9.17) is 9.26 Å². The summed E-state index contributed by atoms with van der Waals surface area (Å²) in [5, 5.41) is 3.21. The van der Waals surface area contributed by atoms with Crippen LogP contribution in [0.3, 0.4) is 0 Å². The molecule has 1 unspecified atom stereocenters. The third-order valence-corrected chi connectivity index (χ3v) is 9.39.